The van der Waals surface area contributed by atoms with Crippen LogP contribution in [-0.4, -0.2) is 12.5 Å². The molecule has 0 amide bonds. The Balaban J connectivity index is 2.85. The molecule has 0 bridgehead atoms. The normalized spacial score (nSPS) is 11.4. The van der Waals surface area contributed by atoms with E-state index in [1.165, 1.54) is 6.07 Å². The Hall–Kier alpha value is -1.69. The predicted molar refractivity (Wildman–Crippen MR) is 59.9 cm³/mol. The number of nitrogens with zero attached hydrogens (tertiary/aromatic N) is 1. The molecule has 88 valence electrons. The summed E-state index contributed by atoms with van der Waals surface area (Å²) in [4.78, 5) is 3.97. The van der Waals surface area contributed by atoms with Crippen molar-refractivity contribution in [3.05, 3.63) is 29.8 Å². The van der Waals surface area contributed by atoms with Gasteiger partial charge >= 0.3 is 0 Å². The maximum atomic E-state index is 13.2. The minimum Gasteiger partial charge on any atom is -0.320 e. The highest BCUT2D eigenvalue weighted by atomic mass is 19.1. The smallest absolute Gasteiger partial charge is 0.210 e. The van der Waals surface area contributed by atoms with E-state index < -0.39 is 11.6 Å². The summed E-state index contributed by atoms with van der Waals surface area (Å²) in [6.07, 6.45) is 0.812. The molecular weight excluding hydrogens is 214 g/mol. The van der Waals surface area contributed by atoms with Crippen molar-refractivity contribution in [1.82, 2.24) is 5.43 Å². The molecule has 0 atom stereocenters. The predicted octanol–water partition coefficient (Wildman–Crippen LogP) is 1.61. The van der Waals surface area contributed by atoms with Gasteiger partial charge in [-0.15, -0.1) is 0 Å². The largest absolute Gasteiger partial charge is 0.320 e. The molecule has 0 aliphatic carbocycles. The van der Waals surface area contributed by atoms with Gasteiger partial charge in [0, 0.05) is 6.54 Å². The van der Waals surface area contributed by atoms with E-state index in [0.29, 0.717) is 6.54 Å². The van der Waals surface area contributed by atoms with E-state index in [0.717, 1.165) is 18.6 Å². The van der Waals surface area contributed by atoms with Crippen LogP contribution in [0.4, 0.5) is 14.5 Å². The number of hydrazine groups is 1. The lowest BCUT2D eigenvalue weighted by Crippen LogP contribution is -2.37. The fourth-order valence-electron chi connectivity index (χ4n) is 1.08. The fraction of sp³-hybridized carbons (Fsp3) is 0.300. The van der Waals surface area contributed by atoms with Crippen molar-refractivity contribution >= 4 is 11.6 Å². The molecule has 0 unspecified atom stereocenters. The lowest BCUT2D eigenvalue weighted by atomic mass is 10.3. The van der Waals surface area contributed by atoms with Crippen molar-refractivity contribution in [2.75, 3.05) is 11.9 Å². The van der Waals surface area contributed by atoms with E-state index in [1.807, 2.05) is 6.92 Å². The summed E-state index contributed by atoms with van der Waals surface area (Å²) in [5.41, 5.74) is 1.98. The molecular formula is C10H14F2N4. The summed E-state index contributed by atoms with van der Waals surface area (Å²) >= 11 is 0. The molecule has 1 aromatic rings. The van der Waals surface area contributed by atoms with Gasteiger partial charge in [-0.25, -0.2) is 14.6 Å². The van der Waals surface area contributed by atoms with Crippen LogP contribution in [-0.2, 0) is 0 Å². The second-order valence-electron chi connectivity index (χ2n) is 3.10. The van der Waals surface area contributed by atoms with E-state index in [-0.39, 0.29) is 11.6 Å². The first-order chi connectivity index (χ1) is 7.69. The highest BCUT2D eigenvalue weighted by Gasteiger charge is 2.09. The number of nitrogens with two attached hydrogens (primary N) is 1. The van der Waals surface area contributed by atoms with Crippen LogP contribution in [0.2, 0.25) is 0 Å². The second kappa shape index (κ2) is 6.02. The minimum atomic E-state index is -0.695. The Morgan fingerprint density at radius 2 is 2.00 bits per heavy atom. The first kappa shape index (κ1) is 12.4. The van der Waals surface area contributed by atoms with Crippen molar-refractivity contribution < 1.29 is 8.78 Å². The van der Waals surface area contributed by atoms with Gasteiger partial charge in [-0.1, -0.05) is 13.0 Å². The van der Waals surface area contributed by atoms with Gasteiger partial charge in [-0.3, -0.25) is 10.4 Å². The number of nitrogens with one attached hydrogen (secondary N) is 2. The summed E-state index contributed by atoms with van der Waals surface area (Å²) in [6.45, 7) is 2.45. The van der Waals surface area contributed by atoms with Crippen molar-refractivity contribution in [3.63, 3.8) is 0 Å². The number of benzene rings is 1. The number of rotatable bonds is 3. The molecule has 6 heteroatoms. The van der Waals surface area contributed by atoms with Crippen LogP contribution in [0.15, 0.2) is 23.2 Å². The lowest BCUT2D eigenvalue weighted by molar-refractivity contribution is 0.591. The van der Waals surface area contributed by atoms with Crippen LogP contribution in [0, 0.1) is 11.6 Å². The Bertz CT molecular complexity index is 359. The van der Waals surface area contributed by atoms with Crippen LogP contribution < -0.4 is 16.6 Å². The van der Waals surface area contributed by atoms with Crippen molar-refractivity contribution in [2.24, 2.45) is 10.8 Å². The third-order valence-electron chi connectivity index (χ3n) is 1.84. The molecule has 0 fully saturated rings. The Morgan fingerprint density at radius 3 is 2.50 bits per heavy atom. The van der Waals surface area contributed by atoms with E-state index >= 15 is 0 Å². The zero-order valence-electron chi connectivity index (χ0n) is 8.93. The minimum absolute atomic E-state index is 0.130. The monoisotopic (exact) mass is 228 g/mol. The third kappa shape index (κ3) is 3.16. The van der Waals surface area contributed by atoms with Gasteiger partial charge in [0.05, 0.1) is 0 Å². The molecule has 4 N–H and O–H groups in total. The molecule has 0 aliphatic heterocycles. The quantitative estimate of drug-likeness (QED) is 0.319. The van der Waals surface area contributed by atoms with Gasteiger partial charge in [0.2, 0.25) is 5.96 Å². The van der Waals surface area contributed by atoms with E-state index in [4.69, 9.17) is 5.84 Å². The Labute approximate surface area is 92.5 Å². The van der Waals surface area contributed by atoms with Crippen LogP contribution in [0.5, 0.6) is 0 Å². The number of halogens is 2. The highest BCUT2D eigenvalue weighted by molar-refractivity contribution is 5.93. The van der Waals surface area contributed by atoms with Crippen LogP contribution in [0.3, 0.4) is 0 Å². The fourth-order valence-corrected chi connectivity index (χ4v) is 1.08. The Kier molecular flexibility index (Phi) is 4.65. The standard InChI is InChI=1S/C10H14F2N4/c1-2-6-14-10(16-13)15-9-7(11)4-3-5-8(9)12/h3-5H,2,6,13H2,1H3,(H2,14,15,16). The molecule has 16 heavy (non-hydrogen) atoms. The number of hydrogen-bond donors (Lipinski definition) is 3. The second-order valence-corrected chi connectivity index (χ2v) is 3.10. The first-order valence-corrected chi connectivity index (χ1v) is 4.91. The molecule has 4 nitrogen and oxygen atoms in total. The highest BCUT2D eigenvalue weighted by Crippen LogP contribution is 2.17. The average Bonchev–Trinajstić information content (AvgIpc) is 2.28. The summed E-state index contributed by atoms with van der Waals surface area (Å²) in [7, 11) is 0. The maximum absolute atomic E-state index is 13.2. The topological polar surface area (TPSA) is 62.4 Å². The SMILES string of the molecule is CCCN=C(NN)Nc1c(F)cccc1F. The van der Waals surface area contributed by atoms with Crippen molar-refractivity contribution in [2.45, 2.75) is 13.3 Å². The van der Waals surface area contributed by atoms with Gasteiger partial charge in [0.25, 0.3) is 0 Å². The molecule has 0 aromatic heterocycles. The van der Waals surface area contributed by atoms with Gasteiger partial charge < -0.3 is 5.32 Å². The number of hydrogen-bond acceptors (Lipinski definition) is 2. The molecule has 0 saturated carbocycles. The molecule has 1 rings (SSSR count). The zero-order chi connectivity index (χ0) is 12.0. The first-order valence-electron chi connectivity index (χ1n) is 4.91. The Morgan fingerprint density at radius 1 is 1.38 bits per heavy atom. The van der Waals surface area contributed by atoms with E-state index in [1.54, 1.807) is 0 Å². The van der Waals surface area contributed by atoms with Gasteiger partial charge in [0.15, 0.2) is 0 Å². The molecule has 0 heterocycles. The summed E-state index contributed by atoms with van der Waals surface area (Å²) in [6, 6.07) is 3.59. The maximum Gasteiger partial charge on any atom is 0.210 e. The van der Waals surface area contributed by atoms with Crippen LogP contribution in [0.1, 0.15) is 13.3 Å². The van der Waals surface area contributed by atoms with Gasteiger partial charge in [0.1, 0.15) is 17.3 Å². The number of anilines is 1. The van der Waals surface area contributed by atoms with Gasteiger partial charge in [-0.05, 0) is 18.6 Å². The van der Waals surface area contributed by atoms with Crippen LogP contribution >= 0.6 is 0 Å². The summed E-state index contributed by atoms with van der Waals surface area (Å²) < 4.78 is 26.5. The van der Waals surface area contributed by atoms with Crippen molar-refractivity contribution in [3.8, 4) is 0 Å². The number of guanidine groups is 1. The molecule has 0 aliphatic rings. The van der Waals surface area contributed by atoms with Crippen molar-refractivity contribution in [1.29, 1.82) is 0 Å². The van der Waals surface area contributed by atoms with E-state index in [2.05, 4.69) is 15.7 Å². The van der Waals surface area contributed by atoms with Crippen LogP contribution in [0.25, 0.3) is 0 Å². The van der Waals surface area contributed by atoms with E-state index in [9.17, 15) is 8.78 Å². The average molecular weight is 228 g/mol. The summed E-state index contributed by atoms with van der Waals surface area (Å²) in [5.74, 6) is 3.91. The number of aliphatic imine (C=N–C) groups is 1. The molecule has 0 radical (unpaired) electrons. The zero-order valence-corrected chi connectivity index (χ0v) is 8.93. The molecule has 1 aromatic carbocycles. The molecule has 0 saturated heterocycles. The molecule has 0 spiro atoms. The third-order valence-corrected chi connectivity index (χ3v) is 1.84. The number of para-hydroxylation sites is 1. The lowest BCUT2D eigenvalue weighted by Gasteiger charge is -2.10. The van der Waals surface area contributed by atoms with Gasteiger partial charge in [-0.2, -0.15) is 0 Å². The summed E-state index contributed by atoms with van der Waals surface area (Å²) in [5, 5.41) is 2.46.